The van der Waals surface area contributed by atoms with E-state index < -0.39 is 0 Å². The van der Waals surface area contributed by atoms with E-state index in [1.165, 1.54) is 6.07 Å². The van der Waals surface area contributed by atoms with E-state index in [9.17, 15) is 4.39 Å². The van der Waals surface area contributed by atoms with Crippen molar-refractivity contribution in [1.29, 1.82) is 0 Å². The van der Waals surface area contributed by atoms with Gasteiger partial charge in [-0.15, -0.1) is 10.2 Å². The number of aromatic nitrogens is 5. The average molecular weight is 340 g/mol. The van der Waals surface area contributed by atoms with Gasteiger partial charge in [-0.05, 0) is 31.5 Å². The van der Waals surface area contributed by atoms with Crippen molar-refractivity contribution in [3.8, 4) is 0 Å². The van der Waals surface area contributed by atoms with Gasteiger partial charge >= 0.3 is 0 Å². The summed E-state index contributed by atoms with van der Waals surface area (Å²) in [5.41, 5.74) is 3.13. The second-order valence-electron chi connectivity index (χ2n) is 6.60. The zero-order chi connectivity index (χ0) is 17.4. The van der Waals surface area contributed by atoms with E-state index in [-0.39, 0.29) is 5.82 Å². The van der Waals surface area contributed by atoms with Crippen LogP contribution in [0.4, 0.5) is 4.39 Å². The Hall–Kier alpha value is -2.54. The van der Waals surface area contributed by atoms with Crippen molar-refractivity contribution in [1.82, 2.24) is 29.6 Å². The van der Waals surface area contributed by atoms with Gasteiger partial charge in [0.2, 0.25) is 0 Å². The van der Waals surface area contributed by atoms with Gasteiger partial charge in [-0.25, -0.2) is 9.37 Å². The second-order valence-corrected chi connectivity index (χ2v) is 6.60. The molecule has 25 heavy (non-hydrogen) atoms. The molecule has 130 valence electrons. The summed E-state index contributed by atoms with van der Waals surface area (Å²) in [4.78, 5) is 10.1. The third-order valence-corrected chi connectivity index (χ3v) is 4.64. The van der Waals surface area contributed by atoms with E-state index in [1.54, 1.807) is 12.1 Å². The van der Waals surface area contributed by atoms with Crippen LogP contribution in [-0.4, -0.2) is 36.2 Å². The molecule has 0 aliphatic carbocycles. The van der Waals surface area contributed by atoms with E-state index in [1.807, 2.05) is 13.0 Å². The zero-order valence-corrected chi connectivity index (χ0v) is 14.5. The summed E-state index contributed by atoms with van der Waals surface area (Å²) in [6.07, 6.45) is 0.600. The van der Waals surface area contributed by atoms with Crippen LogP contribution in [0.2, 0.25) is 0 Å². The molecular weight excluding hydrogens is 319 g/mol. The van der Waals surface area contributed by atoms with Gasteiger partial charge in [0, 0.05) is 31.7 Å². The molecule has 6 nitrogen and oxygen atoms in total. The molecule has 0 spiro atoms. The quantitative estimate of drug-likeness (QED) is 0.792. The topological polar surface area (TPSA) is 62.6 Å². The first-order valence-corrected chi connectivity index (χ1v) is 8.48. The predicted octanol–water partition coefficient (Wildman–Crippen LogP) is 2.36. The molecule has 1 aromatic carbocycles. The second kappa shape index (κ2) is 6.40. The van der Waals surface area contributed by atoms with Gasteiger partial charge in [-0.1, -0.05) is 12.1 Å². The molecule has 0 saturated carbocycles. The molecule has 7 heteroatoms. The minimum atomic E-state index is -0.216. The first kappa shape index (κ1) is 16.0. The average Bonchev–Trinajstić information content (AvgIpc) is 3.10. The molecule has 3 aromatic rings. The first-order chi connectivity index (χ1) is 12.1. The highest BCUT2D eigenvalue weighted by atomic mass is 19.1. The molecule has 0 amide bonds. The minimum absolute atomic E-state index is 0.216. The molecule has 1 aliphatic rings. The third kappa shape index (κ3) is 3.32. The summed E-state index contributed by atoms with van der Waals surface area (Å²) in [5, 5.41) is 8.67. The van der Waals surface area contributed by atoms with Crippen molar-refractivity contribution in [3.05, 3.63) is 64.5 Å². The van der Waals surface area contributed by atoms with Crippen LogP contribution in [0, 0.1) is 19.7 Å². The highest BCUT2D eigenvalue weighted by Gasteiger charge is 2.22. The molecular formula is C18H21FN6. The monoisotopic (exact) mass is 340 g/mol. The summed E-state index contributed by atoms with van der Waals surface area (Å²) in [5.74, 6) is 2.59. The fraction of sp³-hybridized carbons (Fsp3) is 0.389. The van der Waals surface area contributed by atoms with Crippen molar-refractivity contribution in [2.45, 2.75) is 39.9 Å². The van der Waals surface area contributed by atoms with Crippen molar-refractivity contribution < 1.29 is 4.39 Å². The van der Waals surface area contributed by atoms with E-state index in [0.29, 0.717) is 6.42 Å². The lowest BCUT2D eigenvalue weighted by molar-refractivity contribution is 0.205. The fourth-order valence-electron chi connectivity index (χ4n) is 3.39. The van der Waals surface area contributed by atoms with Crippen LogP contribution in [0.5, 0.6) is 0 Å². The Kier molecular flexibility index (Phi) is 4.09. The van der Waals surface area contributed by atoms with Crippen molar-refractivity contribution >= 4 is 0 Å². The summed E-state index contributed by atoms with van der Waals surface area (Å²) in [7, 11) is 0. The Labute approximate surface area is 145 Å². The maximum absolute atomic E-state index is 13.4. The number of fused-ring (bicyclic) bond motifs is 1. The largest absolute Gasteiger partial charge is 0.346 e. The van der Waals surface area contributed by atoms with Crippen LogP contribution < -0.4 is 0 Å². The highest BCUT2D eigenvalue weighted by Crippen LogP contribution is 2.18. The lowest BCUT2D eigenvalue weighted by Crippen LogP contribution is -2.34. The molecule has 0 atom stereocenters. The Morgan fingerprint density at radius 3 is 2.84 bits per heavy atom. The number of aromatic amines is 1. The number of H-pyrrole nitrogens is 1. The number of hydrogen-bond acceptors (Lipinski definition) is 4. The number of aryl methyl sites for hydroxylation is 2. The van der Waals surface area contributed by atoms with E-state index >= 15 is 0 Å². The predicted molar refractivity (Wildman–Crippen MR) is 91.4 cm³/mol. The van der Waals surface area contributed by atoms with Gasteiger partial charge in [0.15, 0.2) is 0 Å². The molecule has 0 radical (unpaired) electrons. The molecule has 2 aromatic heterocycles. The maximum atomic E-state index is 13.4. The van der Waals surface area contributed by atoms with Crippen LogP contribution in [0.15, 0.2) is 24.3 Å². The number of benzene rings is 1. The number of nitrogens with zero attached hydrogens (tertiary/aromatic N) is 5. The molecule has 0 unspecified atom stereocenters. The normalized spacial score (nSPS) is 14.7. The van der Waals surface area contributed by atoms with Gasteiger partial charge in [-0.3, -0.25) is 4.90 Å². The van der Waals surface area contributed by atoms with Crippen LogP contribution in [0.25, 0.3) is 0 Å². The van der Waals surface area contributed by atoms with Gasteiger partial charge in [0.1, 0.15) is 23.3 Å². The molecule has 1 N–H and O–H groups in total. The van der Waals surface area contributed by atoms with Crippen LogP contribution in [0.1, 0.15) is 34.4 Å². The van der Waals surface area contributed by atoms with Crippen LogP contribution >= 0.6 is 0 Å². The first-order valence-electron chi connectivity index (χ1n) is 8.48. The van der Waals surface area contributed by atoms with E-state index in [4.69, 9.17) is 0 Å². The van der Waals surface area contributed by atoms with Gasteiger partial charge in [0.25, 0.3) is 0 Å². The third-order valence-electron chi connectivity index (χ3n) is 4.64. The van der Waals surface area contributed by atoms with E-state index in [2.05, 4.69) is 36.6 Å². The highest BCUT2D eigenvalue weighted by molar-refractivity contribution is 5.21. The van der Waals surface area contributed by atoms with Crippen molar-refractivity contribution in [2.24, 2.45) is 0 Å². The minimum Gasteiger partial charge on any atom is -0.346 e. The maximum Gasteiger partial charge on any atom is 0.147 e. The number of imidazole rings is 1. The lowest BCUT2D eigenvalue weighted by Gasteiger charge is -2.27. The van der Waals surface area contributed by atoms with Crippen LogP contribution in [0.3, 0.4) is 0 Å². The van der Waals surface area contributed by atoms with E-state index in [0.717, 1.165) is 60.6 Å². The zero-order valence-electron chi connectivity index (χ0n) is 14.5. The van der Waals surface area contributed by atoms with Gasteiger partial charge < -0.3 is 9.55 Å². The SMILES string of the molecule is Cc1nc(CN2CCn3c(Cc4cccc(F)c4)nnc3C2)c(C)[nH]1. The summed E-state index contributed by atoms with van der Waals surface area (Å²) in [6.45, 7) is 7.35. The number of nitrogens with one attached hydrogen (secondary N) is 1. The summed E-state index contributed by atoms with van der Waals surface area (Å²) >= 11 is 0. The molecule has 1 aliphatic heterocycles. The Morgan fingerprint density at radius 1 is 1.20 bits per heavy atom. The number of hydrogen-bond donors (Lipinski definition) is 1. The molecule has 0 saturated heterocycles. The Bertz CT molecular complexity index is 897. The van der Waals surface area contributed by atoms with Gasteiger partial charge in [0.05, 0.1) is 12.2 Å². The smallest absolute Gasteiger partial charge is 0.147 e. The Morgan fingerprint density at radius 2 is 2.08 bits per heavy atom. The van der Waals surface area contributed by atoms with Crippen molar-refractivity contribution in [2.75, 3.05) is 6.54 Å². The van der Waals surface area contributed by atoms with Crippen molar-refractivity contribution in [3.63, 3.8) is 0 Å². The molecule has 4 rings (SSSR count). The standard InChI is InChI=1S/C18H21FN6/c1-12-16(21-13(2)20-12)10-24-6-7-25-17(22-23-18(25)11-24)9-14-4-3-5-15(19)8-14/h3-5,8H,6-7,9-11H2,1-2H3,(H,20,21). The van der Waals surface area contributed by atoms with Gasteiger partial charge in [-0.2, -0.15) is 0 Å². The summed E-state index contributed by atoms with van der Waals surface area (Å²) in [6, 6.07) is 6.66. The fourth-order valence-corrected chi connectivity index (χ4v) is 3.39. The lowest BCUT2D eigenvalue weighted by atomic mass is 10.1. The van der Waals surface area contributed by atoms with Crippen LogP contribution in [-0.2, 0) is 26.1 Å². The summed E-state index contributed by atoms with van der Waals surface area (Å²) < 4.78 is 15.5. The molecule has 0 fully saturated rings. The number of halogens is 1. The Balaban J connectivity index is 1.48. The molecule has 3 heterocycles. The number of rotatable bonds is 4. The molecule has 0 bridgehead atoms.